The highest BCUT2D eigenvalue weighted by Crippen LogP contribution is 1.95. The molecule has 1 aromatic heterocycles. The maximum Gasteiger partial charge on any atom is 0.0826 e. The van der Waals surface area contributed by atoms with E-state index < -0.39 is 6.10 Å². The summed E-state index contributed by atoms with van der Waals surface area (Å²) < 4.78 is 0. The van der Waals surface area contributed by atoms with Gasteiger partial charge in [0, 0.05) is 25.0 Å². The van der Waals surface area contributed by atoms with E-state index in [1.807, 2.05) is 0 Å². The molecule has 11 heavy (non-hydrogen) atoms. The van der Waals surface area contributed by atoms with E-state index in [1.54, 1.807) is 18.6 Å². The van der Waals surface area contributed by atoms with Gasteiger partial charge in [0.05, 0.1) is 18.4 Å². The van der Waals surface area contributed by atoms with Crippen LogP contribution in [0, 0.1) is 0 Å². The molecule has 0 amide bonds. The largest absolute Gasteiger partial charge is 0.394 e. The van der Waals surface area contributed by atoms with E-state index in [4.69, 9.17) is 10.2 Å². The summed E-state index contributed by atoms with van der Waals surface area (Å²) >= 11 is 0. The van der Waals surface area contributed by atoms with Gasteiger partial charge < -0.3 is 10.2 Å². The van der Waals surface area contributed by atoms with Gasteiger partial charge in [0.25, 0.3) is 0 Å². The topological polar surface area (TPSA) is 66.2 Å². The fraction of sp³-hybridized carbons (Fsp3) is 0.429. The molecule has 4 heteroatoms. The van der Waals surface area contributed by atoms with Crippen LogP contribution in [-0.4, -0.2) is 32.9 Å². The van der Waals surface area contributed by atoms with Gasteiger partial charge in [-0.3, -0.25) is 9.97 Å². The molecule has 2 N–H and O–H groups in total. The van der Waals surface area contributed by atoms with E-state index >= 15 is 0 Å². The lowest BCUT2D eigenvalue weighted by Crippen LogP contribution is -2.15. The van der Waals surface area contributed by atoms with Crippen molar-refractivity contribution in [2.24, 2.45) is 0 Å². The normalized spacial score (nSPS) is 12.9. The number of aromatic nitrogens is 2. The van der Waals surface area contributed by atoms with Crippen molar-refractivity contribution in [2.75, 3.05) is 6.61 Å². The molecule has 0 unspecified atom stereocenters. The third-order valence-electron chi connectivity index (χ3n) is 1.27. The smallest absolute Gasteiger partial charge is 0.0826 e. The van der Waals surface area contributed by atoms with E-state index in [0.29, 0.717) is 12.1 Å². The molecule has 1 atom stereocenters. The zero-order valence-corrected chi connectivity index (χ0v) is 6.01. The van der Waals surface area contributed by atoms with Crippen molar-refractivity contribution < 1.29 is 10.2 Å². The van der Waals surface area contributed by atoms with E-state index in [9.17, 15) is 0 Å². The maximum atomic E-state index is 8.99. The lowest BCUT2D eigenvalue weighted by Gasteiger charge is -2.04. The summed E-state index contributed by atoms with van der Waals surface area (Å²) in [5.74, 6) is 0. The first kappa shape index (κ1) is 8.10. The highest BCUT2D eigenvalue weighted by Gasteiger charge is 2.03. The van der Waals surface area contributed by atoms with Crippen molar-refractivity contribution >= 4 is 0 Å². The van der Waals surface area contributed by atoms with Crippen LogP contribution >= 0.6 is 0 Å². The van der Waals surface area contributed by atoms with Crippen LogP contribution in [0.3, 0.4) is 0 Å². The van der Waals surface area contributed by atoms with Crippen LogP contribution in [0.5, 0.6) is 0 Å². The molecular weight excluding hydrogens is 144 g/mol. The van der Waals surface area contributed by atoms with Gasteiger partial charge in [0.2, 0.25) is 0 Å². The van der Waals surface area contributed by atoms with Crippen molar-refractivity contribution in [1.29, 1.82) is 0 Å². The SMILES string of the molecule is OC[C@@H](O)Cc1cnccn1. The average Bonchev–Trinajstić information content (AvgIpc) is 2.06. The average molecular weight is 154 g/mol. The summed E-state index contributed by atoms with van der Waals surface area (Å²) in [6, 6.07) is 0. The van der Waals surface area contributed by atoms with Crippen molar-refractivity contribution in [3.63, 3.8) is 0 Å². The lowest BCUT2D eigenvalue weighted by molar-refractivity contribution is 0.0946. The van der Waals surface area contributed by atoms with Crippen LogP contribution in [0.25, 0.3) is 0 Å². The van der Waals surface area contributed by atoms with Gasteiger partial charge in [-0.2, -0.15) is 0 Å². The van der Waals surface area contributed by atoms with Gasteiger partial charge in [0.1, 0.15) is 0 Å². The van der Waals surface area contributed by atoms with Crippen molar-refractivity contribution in [3.05, 3.63) is 24.3 Å². The molecule has 1 aromatic rings. The predicted molar refractivity (Wildman–Crippen MR) is 38.8 cm³/mol. The van der Waals surface area contributed by atoms with Crippen LogP contribution in [0.2, 0.25) is 0 Å². The van der Waals surface area contributed by atoms with Crippen LogP contribution in [-0.2, 0) is 6.42 Å². The summed E-state index contributed by atoms with van der Waals surface area (Å²) in [5, 5.41) is 17.5. The summed E-state index contributed by atoms with van der Waals surface area (Å²) in [4.78, 5) is 7.75. The first-order valence-electron chi connectivity index (χ1n) is 3.36. The number of hydrogen-bond acceptors (Lipinski definition) is 4. The first-order valence-corrected chi connectivity index (χ1v) is 3.36. The second-order valence-corrected chi connectivity index (χ2v) is 2.24. The zero-order valence-electron chi connectivity index (χ0n) is 6.01. The van der Waals surface area contributed by atoms with Gasteiger partial charge in [-0.15, -0.1) is 0 Å². The molecule has 0 saturated heterocycles. The van der Waals surface area contributed by atoms with Crippen LogP contribution in [0.4, 0.5) is 0 Å². The monoisotopic (exact) mass is 154 g/mol. The third-order valence-corrected chi connectivity index (χ3v) is 1.27. The van der Waals surface area contributed by atoms with E-state index in [2.05, 4.69) is 9.97 Å². The standard InChI is InChI=1S/C7H10N2O2/c10-5-7(11)3-6-4-8-1-2-9-6/h1-2,4,7,10-11H,3,5H2/t7-/m0/s1. The lowest BCUT2D eigenvalue weighted by atomic mass is 10.2. The molecular formula is C7H10N2O2. The molecule has 0 saturated carbocycles. The summed E-state index contributed by atoms with van der Waals surface area (Å²) in [5.41, 5.74) is 0.689. The fourth-order valence-corrected chi connectivity index (χ4v) is 0.741. The van der Waals surface area contributed by atoms with Crippen molar-refractivity contribution in [1.82, 2.24) is 9.97 Å². The Morgan fingerprint density at radius 3 is 2.82 bits per heavy atom. The van der Waals surface area contributed by atoms with E-state index in [-0.39, 0.29) is 6.61 Å². The maximum absolute atomic E-state index is 8.99. The van der Waals surface area contributed by atoms with Gasteiger partial charge in [0.15, 0.2) is 0 Å². The Hall–Kier alpha value is -1.00. The van der Waals surface area contributed by atoms with Gasteiger partial charge in [-0.1, -0.05) is 0 Å². The minimum Gasteiger partial charge on any atom is -0.394 e. The Balaban J connectivity index is 2.51. The fourth-order valence-electron chi connectivity index (χ4n) is 0.741. The molecule has 0 aromatic carbocycles. The Morgan fingerprint density at radius 2 is 2.27 bits per heavy atom. The Labute approximate surface area is 64.6 Å². The molecule has 0 fully saturated rings. The zero-order chi connectivity index (χ0) is 8.10. The Bertz CT molecular complexity index is 203. The highest BCUT2D eigenvalue weighted by atomic mass is 16.3. The first-order chi connectivity index (χ1) is 5.33. The molecule has 60 valence electrons. The molecule has 0 aliphatic heterocycles. The molecule has 0 aliphatic carbocycles. The minimum absolute atomic E-state index is 0.240. The minimum atomic E-state index is -0.730. The quantitative estimate of drug-likeness (QED) is 0.608. The second kappa shape index (κ2) is 4.00. The summed E-state index contributed by atoms with van der Waals surface area (Å²) in [7, 11) is 0. The third kappa shape index (κ3) is 2.61. The predicted octanol–water partition coefficient (Wildman–Crippen LogP) is -0.628. The molecule has 0 spiro atoms. The number of rotatable bonds is 3. The Morgan fingerprint density at radius 1 is 1.45 bits per heavy atom. The molecule has 1 heterocycles. The molecule has 0 aliphatic rings. The van der Waals surface area contributed by atoms with Gasteiger partial charge >= 0.3 is 0 Å². The molecule has 0 radical (unpaired) electrons. The Kier molecular flexibility index (Phi) is 2.95. The van der Waals surface area contributed by atoms with Crippen LogP contribution < -0.4 is 0 Å². The summed E-state index contributed by atoms with van der Waals surface area (Å²) in [6.45, 7) is -0.240. The van der Waals surface area contributed by atoms with Crippen LogP contribution in [0.1, 0.15) is 5.69 Å². The molecule has 1 rings (SSSR count). The highest BCUT2D eigenvalue weighted by molar-refractivity contribution is 4.96. The van der Waals surface area contributed by atoms with Crippen molar-refractivity contribution in [2.45, 2.75) is 12.5 Å². The second-order valence-electron chi connectivity index (χ2n) is 2.24. The molecule has 4 nitrogen and oxygen atoms in total. The van der Waals surface area contributed by atoms with Crippen LogP contribution in [0.15, 0.2) is 18.6 Å². The van der Waals surface area contributed by atoms with E-state index in [1.165, 1.54) is 0 Å². The van der Waals surface area contributed by atoms with Gasteiger partial charge in [-0.25, -0.2) is 0 Å². The number of aliphatic hydroxyl groups is 2. The van der Waals surface area contributed by atoms with Crippen molar-refractivity contribution in [3.8, 4) is 0 Å². The number of hydrogen-bond donors (Lipinski definition) is 2. The summed E-state index contributed by atoms with van der Waals surface area (Å²) in [6.07, 6.45) is 4.31. The van der Waals surface area contributed by atoms with E-state index in [0.717, 1.165) is 0 Å². The molecule has 0 bridgehead atoms. The number of nitrogens with zero attached hydrogens (tertiary/aromatic N) is 2. The van der Waals surface area contributed by atoms with Gasteiger partial charge in [-0.05, 0) is 0 Å². The number of aliphatic hydroxyl groups excluding tert-OH is 2.